The standard InChI is InChI=1S/C15H19N5O6/c1-6(22)17-14-18-11-8(12(23)19-14)16-5-20(11)13-10-9(7(4-21)24-13)25-15(2,3)26-10/h5,7,9-10,13,21H,4H2,1-3H3,(H2,17,18,19,22,23)/t7-,9-,10-,13-/m1/s1. The van der Waals surface area contributed by atoms with Crippen LogP contribution in [-0.4, -0.2) is 61.2 Å². The molecule has 4 rings (SSSR count). The van der Waals surface area contributed by atoms with Crippen LogP contribution in [0.25, 0.3) is 11.2 Å². The second kappa shape index (κ2) is 5.84. The second-order valence-electron chi connectivity index (χ2n) is 6.73. The number of H-pyrrole nitrogens is 1. The number of rotatable bonds is 3. The molecule has 2 fully saturated rings. The van der Waals surface area contributed by atoms with Crippen molar-refractivity contribution in [2.75, 3.05) is 11.9 Å². The largest absolute Gasteiger partial charge is 0.394 e. The van der Waals surface area contributed by atoms with Crippen LogP contribution in [0.5, 0.6) is 0 Å². The van der Waals surface area contributed by atoms with Crippen LogP contribution >= 0.6 is 0 Å². The van der Waals surface area contributed by atoms with Crippen molar-refractivity contribution >= 4 is 23.0 Å². The van der Waals surface area contributed by atoms with Crippen molar-refractivity contribution in [1.82, 2.24) is 19.5 Å². The third-order valence-electron chi connectivity index (χ3n) is 4.31. The minimum absolute atomic E-state index is 0.00826. The Morgan fingerprint density at radius 1 is 1.42 bits per heavy atom. The van der Waals surface area contributed by atoms with Crippen molar-refractivity contribution in [2.24, 2.45) is 0 Å². The number of fused-ring (bicyclic) bond motifs is 2. The number of hydrogen-bond acceptors (Lipinski definition) is 8. The molecule has 3 N–H and O–H groups in total. The minimum atomic E-state index is -0.826. The van der Waals surface area contributed by atoms with Gasteiger partial charge in [0, 0.05) is 6.92 Å². The highest BCUT2D eigenvalue weighted by Crippen LogP contribution is 2.43. The Hall–Kier alpha value is -2.34. The summed E-state index contributed by atoms with van der Waals surface area (Å²) in [6.07, 6.45) is -0.829. The van der Waals surface area contributed by atoms with E-state index >= 15 is 0 Å². The molecule has 0 aliphatic carbocycles. The molecule has 0 aromatic carbocycles. The molecule has 11 heteroatoms. The summed E-state index contributed by atoms with van der Waals surface area (Å²) < 4.78 is 19.2. The summed E-state index contributed by atoms with van der Waals surface area (Å²) >= 11 is 0. The van der Waals surface area contributed by atoms with Gasteiger partial charge in [-0.2, -0.15) is 4.98 Å². The smallest absolute Gasteiger partial charge is 0.280 e. The van der Waals surface area contributed by atoms with E-state index in [1.807, 2.05) is 0 Å². The lowest BCUT2D eigenvalue weighted by Gasteiger charge is -2.24. The molecule has 26 heavy (non-hydrogen) atoms. The Kier molecular flexibility index (Phi) is 3.84. The van der Waals surface area contributed by atoms with Crippen molar-refractivity contribution < 1.29 is 24.1 Å². The molecule has 4 atom stereocenters. The van der Waals surface area contributed by atoms with Gasteiger partial charge in [-0.3, -0.25) is 24.5 Å². The third kappa shape index (κ3) is 2.69. The van der Waals surface area contributed by atoms with Crippen LogP contribution in [0.3, 0.4) is 0 Å². The summed E-state index contributed by atoms with van der Waals surface area (Å²) in [4.78, 5) is 34.3. The van der Waals surface area contributed by atoms with Gasteiger partial charge >= 0.3 is 0 Å². The monoisotopic (exact) mass is 365 g/mol. The van der Waals surface area contributed by atoms with Gasteiger partial charge in [-0.05, 0) is 13.8 Å². The Balaban J connectivity index is 1.78. The molecular weight excluding hydrogens is 346 g/mol. The molecule has 0 bridgehead atoms. The first kappa shape index (κ1) is 17.1. The van der Waals surface area contributed by atoms with Gasteiger partial charge < -0.3 is 19.3 Å². The number of nitrogens with zero attached hydrogens (tertiary/aromatic N) is 3. The second-order valence-corrected chi connectivity index (χ2v) is 6.73. The molecule has 0 unspecified atom stereocenters. The lowest BCUT2D eigenvalue weighted by atomic mass is 10.1. The maximum absolute atomic E-state index is 12.2. The van der Waals surface area contributed by atoms with Gasteiger partial charge in [0.2, 0.25) is 11.9 Å². The number of aliphatic hydroxyl groups excluding tert-OH is 1. The summed E-state index contributed by atoms with van der Waals surface area (Å²) in [6.45, 7) is 4.63. The normalized spacial score (nSPS) is 29.8. The number of aromatic amines is 1. The number of imidazole rings is 1. The highest BCUT2D eigenvalue weighted by atomic mass is 16.8. The van der Waals surface area contributed by atoms with Gasteiger partial charge in [0.05, 0.1) is 12.9 Å². The number of ether oxygens (including phenoxy) is 3. The number of carbonyl (C=O) groups is 1. The lowest BCUT2D eigenvalue weighted by molar-refractivity contribution is -0.199. The molecule has 0 saturated carbocycles. The fourth-order valence-electron chi connectivity index (χ4n) is 3.37. The van der Waals surface area contributed by atoms with Crippen LogP contribution < -0.4 is 10.9 Å². The van der Waals surface area contributed by atoms with Crippen molar-refractivity contribution in [1.29, 1.82) is 0 Å². The van der Waals surface area contributed by atoms with E-state index in [2.05, 4.69) is 20.3 Å². The third-order valence-corrected chi connectivity index (χ3v) is 4.31. The van der Waals surface area contributed by atoms with Crippen LogP contribution in [0, 0.1) is 0 Å². The molecular formula is C15H19N5O6. The fraction of sp³-hybridized carbons (Fsp3) is 0.600. The average Bonchev–Trinajstić information content (AvgIpc) is 3.17. The summed E-state index contributed by atoms with van der Waals surface area (Å²) in [5.74, 6) is -1.19. The van der Waals surface area contributed by atoms with Gasteiger partial charge in [-0.15, -0.1) is 0 Å². The first-order chi connectivity index (χ1) is 12.3. The number of aromatic nitrogens is 4. The maximum atomic E-state index is 12.2. The van der Waals surface area contributed by atoms with Crippen molar-refractivity contribution in [3.05, 3.63) is 16.7 Å². The highest BCUT2D eigenvalue weighted by molar-refractivity contribution is 5.87. The molecule has 0 spiro atoms. The molecule has 2 aliphatic heterocycles. The Bertz CT molecular complexity index is 921. The van der Waals surface area contributed by atoms with E-state index in [-0.39, 0.29) is 29.6 Å². The number of nitrogens with one attached hydrogen (secondary N) is 2. The van der Waals surface area contributed by atoms with E-state index in [9.17, 15) is 14.7 Å². The van der Waals surface area contributed by atoms with Crippen molar-refractivity contribution in [2.45, 2.75) is 51.1 Å². The average molecular weight is 365 g/mol. The summed E-state index contributed by atoms with van der Waals surface area (Å²) in [6, 6.07) is 0. The SMILES string of the molecule is CC(=O)Nc1nc2c(ncn2[C@@H]2O[C@H](CO)[C@H]3OC(C)(C)O[C@H]32)c(=O)[nH]1. The fourth-order valence-corrected chi connectivity index (χ4v) is 3.37. The van der Waals surface area contributed by atoms with Gasteiger partial charge in [0.15, 0.2) is 23.2 Å². The summed E-state index contributed by atoms with van der Waals surface area (Å²) in [7, 11) is 0. The number of anilines is 1. The molecule has 2 aliphatic rings. The Morgan fingerprint density at radius 3 is 2.85 bits per heavy atom. The predicted molar refractivity (Wildman–Crippen MR) is 87.3 cm³/mol. The van der Waals surface area contributed by atoms with Crippen LogP contribution in [0.1, 0.15) is 27.0 Å². The van der Waals surface area contributed by atoms with Crippen LogP contribution in [-0.2, 0) is 19.0 Å². The van der Waals surface area contributed by atoms with Crippen LogP contribution in [0.15, 0.2) is 11.1 Å². The van der Waals surface area contributed by atoms with Gasteiger partial charge in [-0.25, -0.2) is 4.98 Å². The number of aliphatic hydroxyl groups is 1. The molecule has 140 valence electrons. The lowest BCUT2D eigenvalue weighted by Crippen LogP contribution is -2.31. The van der Waals surface area contributed by atoms with Crippen molar-refractivity contribution in [3.8, 4) is 0 Å². The number of carbonyl (C=O) groups excluding carboxylic acids is 1. The van der Waals surface area contributed by atoms with Gasteiger partial charge in [0.25, 0.3) is 5.56 Å². The molecule has 4 heterocycles. The van der Waals surface area contributed by atoms with E-state index in [1.165, 1.54) is 13.3 Å². The molecule has 11 nitrogen and oxygen atoms in total. The van der Waals surface area contributed by atoms with Crippen LogP contribution in [0.2, 0.25) is 0 Å². The van der Waals surface area contributed by atoms with E-state index in [0.29, 0.717) is 0 Å². The van der Waals surface area contributed by atoms with E-state index < -0.39 is 35.9 Å². The van der Waals surface area contributed by atoms with E-state index in [0.717, 1.165) is 0 Å². The maximum Gasteiger partial charge on any atom is 0.280 e. The highest BCUT2D eigenvalue weighted by Gasteiger charge is 2.56. The molecule has 2 aromatic heterocycles. The first-order valence-electron chi connectivity index (χ1n) is 8.15. The van der Waals surface area contributed by atoms with Crippen LogP contribution in [0.4, 0.5) is 5.95 Å². The number of amides is 1. The van der Waals surface area contributed by atoms with Gasteiger partial charge in [0.1, 0.15) is 18.3 Å². The zero-order valence-corrected chi connectivity index (χ0v) is 14.4. The summed E-state index contributed by atoms with van der Waals surface area (Å²) in [5, 5.41) is 12.0. The Labute approximate surface area is 147 Å². The number of hydrogen-bond donors (Lipinski definition) is 3. The zero-order chi connectivity index (χ0) is 18.6. The first-order valence-corrected chi connectivity index (χ1v) is 8.15. The zero-order valence-electron chi connectivity index (χ0n) is 14.4. The van der Waals surface area contributed by atoms with E-state index in [4.69, 9.17) is 14.2 Å². The summed E-state index contributed by atoms with van der Waals surface area (Å²) in [5.41, 5.74) is -0.160. The van der Waals surface area contributed by atoms with E-state index in [1.54, 1.807) is 18.4 Å². The quantitative estimate of drug-likeness (QED) is 0.660. The molecule has 2 saturated heterocycles. The molecule has 2 aromatic rings. The van der Waals surface area contributed by atoms with Gasteiger partial charge in [-0.1, -0.05) is 0 Å². The minimum Gasteiger partial charge on any atom is -0.394 e. The van der Waals surface area contributed by atoms with Crippen molar-refractivity contribution in [3.63, 3.8) is 0 Å². The molecule has 0 radical (unpaired) electrons. The Morgan fingerprint density at radius 2 is 2.15 bits per heavy atom. The molecule has 1 amide bonds. The topological polar surface area (TPSA) is 141 Å². The predicted octanol–water partition coefficient (Wildman–Crippen LogP) is -0.512.